The summed E-state index contributed by atoms with van der Waals surface area (Å²) in [5, 5.41) is 3.05. The molecule has 5 heteroatoms. The van der Waals surface area contributed by atoms with Crippen LogP contribution in [-0.2, 0) is 16.0 Å². The van der Waals surface area contributed by atoms with Gasteiger partial charge in [0.15, 0.2) is 0 Å². The van der Waals surface area contributed by atoms with Crippen LogP contribution in [0.2, 0.25) is 0 Å². The van der Waals surface area contributed by atoms with Crippen molar-refractivity contribution in [1.29, 1.82) is 0 Å². The smallest absolute Gasteiger partial charge is 0.227 e. The molecule has 0 unspecified atom stereocenters. The maximum absolute atomic E-state index is 12.9. The fourth-order valence-corrected chi connectivity index (χ4v) is 3.78. The second-order valence-electron chi connectivity index (χ2n) is 8.09. The summed E-state index contributed by atoms with van der Waals surface area (Å²) in [6.45, 7) is 5.80. The zero-order valence-electron chi connectivity index (χ0n) is 17.4. The predicted octanol–water partition coefficient (Wildman–Crippen LogP) is 3.25. The highest BCUT2D eigenvalue weighted by Crippen LogP contribution is 2.34. The molecule has 2 aromatic rings. The summed E-state index contributed by atoms with van der Waals surface area (Å²) in [6.07, 6.45) is 0.358. The number of nitrogens with zero attached hydrogens (tertiary/aromatic N) is 1. The monoisotopic (exact) mass is 394 g/mol. The molecule has 1 heterocycles. The van der Waals surface area contributed by atoms with E-state index in [-0.39, 0.29) is 23.7 Å². The molecule has 1 aliphatic rings. The van der Waals surface area contributed by atoms with Gasteiger partial charge in [0.25, 0.3) is 0 Å². The number of amides is 2. The van der Waals surface area contributed by atoms with Gasteiger partial charge in [-0.1, -0.05) is 56.3 Å². The Kier molecular flexibility index (Phi) is 6.91. The van der Waals surface area contributed by atoms with E-state index in [2.05, 4.69) is 19.2 Å². The van der Waals surface area contributed by atoms with Gasteiger partial charge in [-0.15, -0.1) is 0 Å². The number of methoxy groups -OCH3 is 1. The van der Waals surface area contributed by atoms with Crippen molar-refractivity contribution in [1.82, 2.24) is 10.2 Å². The third-order valence-electron chi connectivity index (χ3n) is 5.44. The molecule has 0 aromatic heterocycles. The van der Waals surface area contributed by atoms with E-state index >= 15 is 0 Å². The summed E-state index contributed by atoms with van der Waals surface area (Å²) >= 11 is 0. The molecule has 1 saturated heterocycles. The normalized spacial score (nSPS) is 18.7. The molecule has 0 spiro atoms. The van der Waals surface area contributed by atoms with Crippen LogP contribution in [0.15, 0.2) is 54.6 Å². The summed E-state index contributed by atoms with van der Waals surface area (Å²) in [5.74, 6) is 0.984. The molecule has 3 rings (SSSR count). The van der Waals surface area contributed by atoms with Crippen LogP contribution in [-0.4, -0.2) is 43.5 Å². The number of carbonyl (C=O) groups is 2. The van der Waals surface area contributed by atoms with Gasteiger partial charge in [-0.05, 0) is 29.2 Å². The van der Waals surface area contributed by atoms with E-state index < -0.39 is 0 Å². The molecular weight excluding hydrogens is 364 g/mol. The molecule has 0 saturated carbocycles. The van der Waals surface area contributed by atoms with Crippen LogP contribution in [0.4, 0.5) is 0 Å². The van der Waals surface area contributed by atoms with E-state index in [4.69, 9.17) is 4.74 Å². The fourth-order valence-electron chi connectivity index (χ4n) is 3.78. The largest absolute Gasteiger partial charge is 0.497 e. The molecule has 2 aromatic carbocycles. The fraction of sp³-hybridized carbons (Fsp3) is 0.417. The molecular formula is C24H30N2O3. The third-order valence-corrected chi connectivity index (χ3v) is 5.44. The summed E-state index contributed by atoms with van der Waals surface area (Å²) in [7, 11) is 1.64. The molecule has 1 aliphatic heterocycles. The first-order valence-electron chi connectivity index (χ1n) is 10.2. The first kappa shape index (κ1) is 20.9. The summed E-state index contributed by atoms with van der Waals surface area (Å²) < 4.78 is 5.25. The van der Waals surface area contributed by atoms with E-state index in [9.17, 15) is 9.59 Å². The van der Waals surface area contributed by atoms with Crippen molar-refractivity contribution >= 4 is 11.8 Å². The Morgan fingerprint density at radius 2 is 1.76 bits per heavy atom. The summed E-state index contributed by atoms with van der Waals surface area (Å²) in [5.41, 5.74) is 2.05. The maximum atomic E-state index is 12.9. The highest BCUT2D eigenvalue weighted by atomic mass is 16.5. The van der Waals surface area contributed by atoms with Crippen LogP contribution in [0.25, 0.3) is 0 Å². The number of ether oxygens (including phenoxy) is 1. The Morgan fingerprint density at radius 1 is 1.07 bits per heavy atom. The van der Waals surface area contributed by atoms with Crippen LogP contribution < -0.4 is 10.1 Å². The second kappa shape index (κ2) is 9.59. The van der Waals surface area contributed by atoms with Crippen LogP contribution in [0.1, 0.15) is 30.9 Å². The Balaban J connectivity index is 1.77. The number of likely N-dealkylation sites (tertiary alicyclic amines) is 1. The van der Waals surface area contributed by atoms with Gasteiger partial charge in [0.05, 0.1) is 19.4 Å². The standard InChI is InChI=1S/C24H30N2O3/c1-17(2)14-25-24(28)22-16-26(23(27)13-18-7-5-4-6-8-18)15-21(22)19-9-11-20(29-3)12-10-19/h4-12,17,21-22H,13-16H2,1-3H3,(H,25,28)/t21-,22+/m0/s1. The van der Waals surface area contributed by atoms with E-state index in [0.717, 1.165) is 16.9 Å². The molecule has 2 amide bonds. The van der Waals surface area contributed by atoms with Gasteiger partial charge in [0.1, 0.15) is 5.75 Å². The number of benzene rings is 2. The minimum absolute atomic E-state index is 0.0206. The first-order valence-corrected chi connectivity index (χ1v) is 10.2. The first-order chi connectivity index (χ1) is 14.0. The molecule has 0 bridgehead atoms. The minimum atomic E-state index is -0.248. The minimum Gasteiger partial charge on any atom is -0.497 e. The van der Waals surface area contributed by atoms with Crippen molar-refractivity contribution in [3.8, 4) is 5.75 Å². The average molecular weight is 395 g/mol. The number of rotatable bonds is 7. The lowest BCUT2D eigenvalue weighted by atomic mass is 9.88. The SMILES string of the molecule is COc1ccc([C@@H]2CN(C(=O)Cc3ccccc3)C[C@H]2C(=O)NCC(C)C)cc1. The second-order valence-corrected chi connectivity index (χ2v) is 8.09. The number of hydrogen-bond donors (Lipinski definition) is 1. The lowest BCUT2D eigenvalue weighted by Crippen LogP contribution is -2.37. The van der Waals surface area contributed by atoms with E-state index in [1.54, 1.807) is 7.11 Å². The van der Waals surface area contributed by atoms with Gasteiger partial charge in [-0.3, -0.25) is 9.59 Å². The lowest BCUT2D eigenvalue weighted by Gasteiger charge is -2.19. The predicted molar refractivity (Wildman–Crippen MR) is 114 cm³/mol. The zero-order valence-corrected chi connectivity index (χ0v) is 17.4. The number of nitrogens with one attached hydrogen (secondary N) is 1. The van der Waals surface area contributed by atoms with E-state index in [1.807, 2.05) is 59.5 Å². The Morgan fingerprint density at radius 3 is 2.38 bits per heavy atom. The van der Waals surface area contributed by atoms with Crippen LogP contribution in [0.5, 0.6) is 5.75 Å². The van der Waals surface area contributed by atoms with Crippen molar-refractivity contribution in [3.05, 3.63) is 65.7 Å². The maximum Gasteiger partial charge on any atom is 0.227 e. The molecule has 0 aliphatic carbocycles. The summed E-state index contributed by atoms with van der Waals surface area (Å²) in [6, 6.07) is 17.6. The van der Waals surface area contributed by atoms with Crippen molar-refractivity contribution < 1.29 is 14.3 Å². The summed E-state index contributed by atoms with van der Waals surface area (Å²) in [4.78, 5) is 27.6. The highest BCUT2D eigenvalue weighted by molar-refractivity contribution is 5.84. The van der Waals surface area contributed by atoms with Crippen molar-refractivity contribution in [3.63, 3.8) is 0 Å². The lowest BCUT2D eigenvalue weighted by molar-refractivity contribution is -0.130. The molecule has 0 radical (unpaired) electrons. The Bertz CT molecular complexity index is 818. The molecule has 2 atom stereocenters. The topological polar surface area (TPSA) is 58.6 Å². The van der Waals surface area contributed by atoms with Gasteiger partial charge in [-0.2, -0.15) is 0 Å². The van der Waals surface area contributed by atoms with Gasteiger partial charge in [0, 0.05) is 25.6 Å². The Labute approximate surface area is 173 Å². The third kappa shape index (κ3) is 5.37. The average Bonchev–Trinajstić information content (AvgIpc) is 3.18. The molecule has 1 fully saturated rings. The van der Waals surface area contributed by atoms with Gasteiger partial charge < -0.3 is 15.0 Å². The van der Waals surface area contributed by atoms with Gasteiger partial charge >= 0.3 is 0 Å². The Hall–Kier alpha value is -2.82. The number of carbonyl (C=O) groups excluding carboxylic acids is 2. The van der Waals surface area contributed by atoms with Gasteiger partial charge in [-0.25, -0.2) is 0 Å². The number of hydrogen-bond acceptors (Lipinski definition) is 3. The molecule has 154 valence electrons. The van der Waals surface area contributed by atoms with Gasteiger partial charge in [0.2, 0.25) is 11.8 Å². The van der Waals surface area contributed by atoms with Crippen molar-refractivity contribution in [2.45, 2.75) is 26.2 Å². The molecule has 1 N–H and O–H groups in total. The molecule has 5 nitrogen and oxygen atoms in total. The highest BCUT2D eigenvalue weighted by Gasteiger charge is 2.40. The van der Waals surface area contributed by atoms with E-state index in [1.165, 1.54) is 0 Å². The van der Waals surface area contributed by atoms with Crippen LogP contribution in [0, 0.1) is 11.8 Å². The molecule has 29 heavy (non-hydrogen) atoms. The van der Waals surface area contributed by atoms with E-state index in [0.29, 0.717) is 32.0 Å². The van der Waals surface area contributed by atoms with Crippen LogP contribution >= 0.6 is 0 Å². The van der Waals surface area contributed by atoms with Crippen molar-refractivity contribution in [2.75, 3.05) is 26.7 Å². The van der Waals surface area contributed by atoms with Crippen LogP contribution in [0.3, 0.4) is 0 Å². The zero-order chi connectivity index (χ0) is 20.8. The quantitative estimate of drug-likeness (QED) is 0.784. The van der Waals surface area contributed by atoms with Crippen molar-refractivity contribution in [2.24, 2.45) is 11.8 Å².